The van der Waals surface area contributed by atoms with E-state index in [1.807, 2.05) is 6.07 Å². The van der Waals surface area contributed by atoms with Crippen molar-refractivity contribution in [2.45, 2.75) is 160 Å². The average molecular weight is 1540 g/mol. The van der Waals surface area contributed by atoms with Crippen molar-refractivity contribution in [1.29, 1.82) is 0 Å². The second-order valence-electron chi connectivity index (χ2n) is 26.6. The number of esters is 5. The Labute approximate surface area is 638 Å². The third-order valence-electron chi connectivity index (χ3n) is 20.0. The summed E-state index contributed by atoms with van der Waals surface area (Å²) in [4.78, 5) is 75.8. The Bertz CT molecular complexity index is 4030. The molecule has 0 radical (unpaired) electrons. The Hall–Kier alpha value is -8.78. The predicted molar refractivity (Wildman–Crippen MR) is 379 cm³/mol. The molecule has 32 nitrogen and oxygen atoms in total. The molecule has 0 amide bonds. The summed E-state index contributed by atoms with van der Waals surface area (Å²) in [6.07, 6.45) is -33.1. The molecule has 0 saturated carbocycles. The summed E-state index contributed by atoms with van der Waals surface area (Å²) in [5.74, 6) is -4.24. The third kappa shape index (κ3) is 18.3. The third-order valence-corrected chi connectivity index (χ3v) is 20.0. The number of azide groups is 1. The Morgan fingerprint density at radius 1 is 0.360 bits per heavy atom. The van der Waals surface area contributed by atoms with Gasteiger partial charge in [-0.1, -0.05) is 126 Å². The maximum absolute atomic E-state index is 15.0. The lowest BCUT2D eigenvalue weighted by atomic mass is 9.94. The van der Waals surface area contributed by atoms with E-state index in [0.29, 0.717) is 5.56 Å². The molecule has 7 heterocycles. The normalized spacial score (nSPS) is 33.7. The number of carbonyl (C=O) groups excluding carboxylic acids is 5. The molecule has 0 spiro atoms. The molecule has 26 atom stereocenters. The SMILES string of the molecule is COC[C@H]1O[C@H](O[C@H]2C3CO[C@@H](O3)C(N=[N+]=[N-])[C@@H]2OC)C(OC)C(OC)[C@@H]1O[C@H]1O[C@H](COC(=O)c2ccccc2)[C@@H](O[C@@H]2OC(COC(=O)c3ccccc3)[C@H](O[C@@H]3OC4COC(c5ccccc5)O[C@@H]4[C@H](OC(=O)c4ccccc4)C3OC(=O)c3ccccc3)[C@H](OC)C2OC(=O)c2ccccc2)C(OC)C1OC. The highest BCUT2D eigenvalue weighted by Crippen LogP contribution is 2.43. The van der Waals surface area contributed by atoms with Crippen molar-refractivity contribution in [3.8, 4) is 0 Å². The van der Waals surface area contributed by atoms with Crippen molar-refractivity contribution in [3.63, 3.8) is 0 Å². The maximum Gasteiger partial charge on any atom is 0.338 e. The van der Waals surface area contributed by atoms with E-state index >= 15 is 0 Å². The van der Waals surface area contributed by atoms with Gasteiger partial charge in [0, 0.05) is 60.2 Å². The van der Waals surface area contributed by atoms with Gasteiger partial charge in [0.05, 0.1) is 53.7 Å². The molecule has 0 aromatic heterocycles. The summed E-state index contributed by atoms with van der Waals surface area (Å²) < 4.78 is 156. The zero-order chi connectivity index (χ0) is 77.5. The smallest absolute Gasteiger partial charge is 0.338 e. The number of carbonyl (C=O) groups is 5. The molecule has 11 unspecified atom stereocenters. The lowest BCUT2D eigenvalue weighted by Gasteiger charge is -2.52. The molecule has 592 valence electrons. The highest BCUT2D eigenvalue weighted by molar-refractivity contribution is 5.91. The van der Waals surface area contributed by atoms with Gasteiger partial charge >= 0.3 is 29.8 Å². The van der Waals surface area contributed by atoms with Gasteiger partial charge in [-0.2, -0.15) is 0 Å². The molecule has 7 fully saturated rings. The first-order chi connectivity index (χ1) is 54.3. The molecular formula is C79H87N3O29. The van der Waals surface area contributed by atoms with E-state index in [-0.39, 0.29) is 47.6 Å². The molecule has 6 aromatic carbocycles. The van der Waals surface area contributed by atoms with E-state index in [1.165, 1.54) is 86.2 Å². The van der Waals surface area contributed by atoms with E-state index < -0.39 is 203 Å². The van der Waals surface area contributed by atoms with Gasteiger partial charge in [-0.15, -0.1) is 0 Å². The van der Waals surface area contributed by atoms with Crippen LogP contribution in [-0.4, -0.2) is 266 Å². The maximum atomic E-state index is 15.0. The molecule has 0 aliphatic carbocycles. The average Bonchev–Trinajstić information content (AvgIpc) is 1.21. The Morgan fingerprint density at radius 3 is 1.13 bits per heavy atom. The molecule has 6 aromatic rings. The Balaban J connectivity index is 0.870. The summed E-state index contributed by atoms with van der Waals surface area (Å²) in [6.45, 7) is -1.55. The molecule has 7 aliphatic heterocycles. The number of methoxy groups -OCH3 is 7. The van der Waals surface area contributed by atoms with E-state index in [4.69, 9.17) is 114 Å². The summed E-state index contributed by atoms with van der Waals surface area (Å²) in [5.41, 5.74) is 10.8. The van der Waals surface area contributed by atoms with Gasteiger partial charge < -0.3 is 114 Å². The van der Waals surface area contributed by atoms with Crippen LogP contribution in [0.15, 0.2) is 187 Å². The molecule has 0 N–H and O–H groups in total. The largest absolute Gasteiger partial charge is 0.459 e. The first-order valence-electron chi connectivity index (χ1n) is 36.0. The minimum atomic E-state index is -1.86. The summed E-state index contributed by atoms with van der Waals surface area (Å²) in [7, 11) is 9.76. The Morgan fingerprint density at radius 2 is 0.712 bits per heavy atom. The quantitative estimate of drug-likeness (QED) is 0.0143. The number of hydrogen-bond acceptors (Lipinski definition) is 30. The molecule has 2 bridgehead atoms. The van der Waals surface area contributed by atoms with Gasteiger partial charge in [0.15, 0.2) is 56.1 Å². The zero-order valence-corrected chi connectivity index (χ0v) is 61.5. The molecule has 7 saturated heterocycles. The Kier molecular flexibility index (Phi) is 27.6. The van der Waals surface area contributed by atoms with E-state index in [2.05, 4.69) is 10.0 Å². The molecular weight excluding hydrogens is 1450 g/mol. The van der Waals surface area contributed by atoms with Crippen molar-refractivity contribution in [2.24, 2.45) is 5.11 Å². The van der Waals surface area contributed by atoms with E-state index in [1.54, 1.807) is 140 Å². The molecule has 13 rings (SSSR count). The minimum Gasteiger partial charge on any atom is -0.459 e. The summed E-state index contributed by atoms with van der Waals surface area (Å²) in [6, 6.07) is 48.4. The number of hydrogen-bond donors (Lipinski definition) is 0. The summed E-state index contributed by atoms with van der Waals surface area (Å²) >= 11 is 0. The van der Waals surface area contributed by atoms with Crippen molar-refractivity contribution in [3.05, 3.63) is 226 Å². The first-order valence-corrected chi connectivity index (χ1v) is 36.0. The fraction of sp³-hybridized carbons (Fsp3) is 0.481. The topological polar surface area (TPSA) is 356 Å². The van der Waals surface area contributed by atoms with Crippen LogP contribution in [-0.2, 0) is 114 Å². The van der Waals surface area contributed by atoms with E-state index in [9.17, 15) is 29.5 Å². The van der Waals surface area contributed by atoms with Crippen LogP contribution >= 0.6 is 0 Å². The van der Waals surface area contributed by atoms with Gasteiger partial charge in [-0.3, -0.25) is 0 Å². The van der Waals surface area contributed by atoms with Crippen LogP contribution in [0.4, 0.5) is 0 Å². The van der Waals surface area contributed by atoms with Gasteiger partial charge in [-0.05, 0) is 66.2 Å². The minimum absolute atomic E-state index is 0.0660. The molecule has 7 aliphatic rings. The van der Waals surface area contributed by atoms with Gasteiger partial charge in [0.2, 0.25) is 0 Å². The lowest BCUT2D eigenvalue weighted by Crippen LogP contribution is -2.69. The highest BCUT2D eigenvalue weighted by atomic mass is 16.8. The van der Waals surface area contributed by atoms with Crippen LogP contribution in [0, 0.1) is 0 Å². The number of rotatable bonds is 30. The van der Waals surface area contributed by atoms with Crippen LogP contribution in [0.2, 0.25) is 0 Å². The number of ether oxygens (including phenoxy) is 24. The van der Waals surface area contributed by atoms with Crippen molar-refractivity contribution in [2.75, 3.05) is 82.8 Å². The van der Waals surface area contributed by atoms with Crippen LogP contribution in [0.5, 0.6) is 0 Å². The van der Waals surface area contributed by atoms with Crippen molar-refractivity contribution < 1.29 is 138 Å². The first kappa shape index (κ1) is 80.3. The predicted octanol–water partition coefficient (Wildman–Crippen LogP) is 7.10. The van der Waals surface area contributed by atoms with Gasteiger partial charge in [0.25, 0.3) is 0 Å². The molecule has 111 heavy (non-hydrogen) atoms. The second-order valence-corrected chi connectivity index (χ2v) is 26.6. The standard InChI is InChI=1S/C79H87N3O29/c1-88-38-49-56(61(90-3)65(93-6)76(100-49)108-55-52-42-98-75(99-52)54(81-82-80)60(55)89-2)109-77-66(94-7)62(91-4)57(50(101-77)39-95-69(83)43-26-14-8-15-27-43)110-78-67(105-72(86)46-32-20-11-21-33-46)63(92-5)58(51(102-78)40-96-70(84)44-28-16-9-17-29-44)111-79-68(106-73(87)47-34-22-12-23-35-47)64(104-71(85)45-30-18-10-19-31-45)59-53(103-79)41-97-74(107-59)48-36-24-13-25-37-48/h8-37,49-68,74-79H,38-42H2,1-7H3/t49-,50-,51?,52?,53?,54?,55+,56-,57-,58+,59+,60+,61?,62?,63+,64+,65?,66?,67?,68?,74?,75+,76-,77-,78+,79+/m1/s1. The lowest BCUT2D eigenvalue weighted by molar-refractivity contribution is -0.399. The monoisotopic (exact) mass is 1540 g/mol. The zero-order valence-electron chi connectivity index (χ0n) is 61.5. The van der Waals surface area contributed by atoms with Crippen molar-refractivity contribution >= 4 is 29.8 Å². The number of nitrogens with zero attached hydrogens (tertiary/aromatic N) is 3. The van der Waals surface area contributed by atoms with Crippen LogP contribution in [0.3, 0.4) is 0 Å². The van der Waals surface area contributed by atoms with Gasteiger partial charge in [0.1, 0.15) is 111 Å². The van der Waals surface area contributed by atoms with E-state index in [0.717, 1.165) is 0 Å². The molecule has 32 heteroatoms. The number of fused-ring (bicyclic) bond motifs is 3. The second kappa shape index (κ2) is 38.2. The van der Waals surface area contributed by atoms with Crippen molar-refractivity contribution in [1.82, 2.24) is 0 Å². The van der Waals surface area contributed by atoms with Crippen LogP contribution < -0.4 is 0 Å². The fourth-order valence-corrected chi connectivity index (χ4v) is 14.7. The van der Waals surface area contributed by atoms with Gasteiger partial charge in [-0.25, -0.2) is 24.0 Å². The van der Waals surface area contributed by atoms with Crippen LogP contribution in [0.25, 0.3) is 10.4 Å². The summed E-state index contributed by atoms with van der Waals surface area (Å²) in [5, 5.41) is 3.92. The highest BCUT2D eigenvalue weighted by Gasteiger charge is 2.62. The van der Waals surface area contributed by atoms with Crippen LogP contribution in [0.1, 0.15) is 63.6 Å². The number of benzene rings is 6. The fourth-order valence-electron chi connectivity index (χ4n) is 14.7.